The molecule has 0 bridgehead atoms. The van der Waals surface area contributed by atoms with E-state index in [0.29, 0.717) is 0 Å². The zero-order valence-corrected chi connectivity index (χ0v) is 12.7. The van der Waals surface area contributed by atoms with Crippen molar-refractivity contribution < 1.29 is 0 Å². The van der Waals surface area contributed by atoms with Gasteiger partial charge in [-0.2, -0.15) is 0 Å². The molecular formula is C15H26N4. The molecule has 0 saturated heterocycles. The van der Waals surface area contributed by atoms with E-state index in [1.807, 2.05) is 0 Å². The molecule has 1 aliphatic carbocycles. The molecule has 1 N–H and O–H groups in total. The van der Waals surface area contributed by atoms with Gasteiger partial charge in [0.15, 0.2) is 0 Å². The molecule has 106 valence electrons. The molecule has 1 fully saturated rings. The number of rotatable bonds is 7. The Morgan fingerprint density at radius 3 is 2.58 bits per heavy atom. The number of hydrogen-bond donors (Lipinski definition) is 1. The van der Waals surface area contributed by atoms with Crippen LogP contribution in [0.2, 0.25) is 0 Å². The van der Waals surface area contributed by atoms with Crippen molar-refractivity contribution >= 4 is 11.6 Å². The van der Waals surface area contributed by atoms with Gasteiger partial charge in [0, 0.05) is 32.1 Å². The summed E-state index contributed by atoms with van der Waals surface area (Å²) in [6, 6.07) is 0. The van der Waals surface area contributed by atoms with Crippen molar-refractivity contribution in [3.8, 4) is 0 Å². The number of hydrogen-bond acceptors (Lipinski definition) is 4. The van der Waals surface area contributed by atoms with Gasteiger partial charge in [-0.05, 0) is 39.0 Å². The lowest BCUT2D eigenvalue weighted by molar-refractivity contribution is 0.757. The van der Waals surface area contributed by atoms with Crippen LogP contribution >= 0.6 is 0 Å². The van der Waals surface area contributed by atoms with Crippen molar-refractivity contribution in [2.45, 2.75) is 46.5 Å². The third-order valence-corrected chi connectivity index (χ3v) is 3.57. The highest BCUT2D eigenvalue weighted by Crippen LogP contribution is 2.32. The smallest absolute Gasteiger partial charge is 0.137 e. The molecule has 0 atom stereocenters. The van der Waals surface area contributed by atoms with Crippen LogP contribution in [0.4, 0.5) is 11.6 Å². The van der Waals surface area contributed by atoms with Crippen LogP contribution in [0.5, 0.6) is 0 Å². The Balaban J connectivity index is 2.26. The summed E-state index contributed by atoms with van der Waals surface area (Å²) < 4.78 is 0. The highest BCUT2D eigenvalue weighted by Gasteiger charge is 2.24. The maximum Gasteiger partial charge on any atom is 0.137 e. The SMILES string of the molecule is CCCc1nc(NCC)c(C)c(N(C)CC2CC2)n1. The lowest BCUT2D eigenvalue weighted by atomic mass is 10.2. The van der Waals surface area contributed by atoms with E-state index in [4.69, 9.17) is 4.98 Å². The minimum atomic E-state index is 0.872. The lowest BCUT2D eigenvalue weighted by Gasteiger charge is -2.22. The zero-order chi connectivity index (χ0) is 13.8. The second kappa shape index (κ2) is 6.22. The Kier molecular flexibility index (Phi) is 4.61. The van der Waals surface area contributed by atoms with Crippen molar-refractivity contribution in [1.82, 2.24) is 9.97 Å². The number of aromatic nitrogens is 2. The summed E-state index contributed by atoms with van der Waals surface area (Å²) in [6.45, 7) is 8.41. The van der Waals surface area contributed by atoms with E-state index in [0.717, 1.165) is 49.3 Å². The van der Waals surface area contributed by atoms with Crippen LogP contribution < -0.4 is 10.2 Å². The first-order valence-electron chi connectivity index (χ1n) is 7.48. The van der Waals surface area contributed by atoms with Crippen LogP contribution in [0, 0.1) is 12.8 Å². The summed E-state index contributed by atoms with van der Waals surface area (Å²) in [6.07, 6.45) is 4.77. The van der Waals surface area contributed by atoms with Gasteiger partial charge in [-0.3, -0.25) is 0 Å². The fourth-order valence-electron chi connectivity index (χ4n) is 2.37. The third-order valence-electron chi connectivity index (χ3n) is 3.57. The topological polar surface area (TPSA) is 41.1 Å². The second-order valence-electron chi connectivity index (χ2n) is 5.54. The summed E-state index contributed by atoms with van der Waals surface area (Å²) in [7, 11) is 2.15. The van der Waals surface area contributed by atoms with Gasteiger partial charge in [-0.1, -0.05) is 6.92 Å². The maximum atomic E-state index is 4.76. The Hall–Kier alpha value is -1.32. The second-order valence-corrected chi connectivity index (χ2v) is 5.54. The molecule has 0 spiro atoms. The first-order chi connectivity index (χ1) is 9.15. The van der Waals surface area contributed by atoms with E-state index < -0.39 is 0 Å². The van der Waals surface area contributed by atoms with Gasteiger partial charge in [0.1, 0.15) is 17.5 Å². The molecule has 2 rings (SSSR count). The number of anilines is 2. The van der Waals surface area contributed by atoms with Crippen molar-refractivity contribution in [1.29, 1.82) is 0 Å². The zero-order valence-electron chi connectivity index (χ0n) is 12.7. The molecule has 4 nitrogen and oxygen atoms in total. The third kappa shape index (κ3) is 3.58. The molecule has 1 aromatic rings. The van der Waals surface area contributed by atoms with Crippen LogP contribution in [-0.2, 0) is 6.42 Å². The molecule has 1 saturated carbocycles. The maximum absolute atomic E-state index is 4.76. The van der Waals surface area contributed by atoms with Gasteiger partial charge in [0.25, 0.3) is 0 Å². The monoisotopic (exact) mass is 262 g/mol. The average molecular weight is 262 g/mol. The molecule has 1 heterocycles. The summed E-state index contributed by atoms with van der Waals surface area (Å²) in [5, 5.41) is 3.36. The Bertz CT molecular complexity index is 426. The van der Waals surface area contributed by atoms with Gasteiger partial charge in [0.05, 0.1) is 0 Å². The molecule has 0 amide bonds. The molecule has 0 unspecified atom stereocenters. The summed E-state index contributed by atoms with van der Waals surface area (Å²) in [5.74, 6) is 3.93. The Morgan fingerprint density at radius 1 is 1.26 bits per heavy atom. The van der Waals surface area contributed by atoms with Gasteiger partial charge >= 0.3 is 0 Å². The normalized spacial score (nSPS) is 14.5. The molecule has 0 radical (unpaired) electrons. The number of nitrogens with one attached hydrogen (secondary N) is 1. The largest absolute Gasteiger partial charge is 0.370 e. The van der Waals surface area contributed by atoms with Gasteiger partial charge in [0.2, 0.25) is 0 Å². The first kappa shape index (κ1) is 14.1. The number of aryl methyl sites for hydroxylation is 1. The van der Waals surface area contributed by atoms with Crippen LogP contribution in [-0.4, -0.2) is 30.1 Å². The first-order valence-corrected chi connectivity index (χ1v) is 7.48. The van der Waals surface area contributed by atoms with E-state index in [1.165, 1.54) is 18.4 Å². The van der Waals surface area contributed by atoms with Crippen molar-refractivity contribution in [3.63, 3.8) is 0 Å². The van der Waals surface area contributed by atoms with Crippen LogP contribution in [0.1, 0.15) is 44.5 Å². The van der Waals surface area contributed by atoms with Crippen LogP contribution in [0.25, 0.3) is 0 Å². The highest BCUT2D eigenvalue weighted by atomic mass is 15.2. The molecule has 0 aliphatic heterocycles. The summed E-state index contributed by atoms with van der Waals surface area (Å²) in [5.41, 5.74) is 1.17. The van der Waals surface area contributed by atoms with Gasteiger partial charge < -0.3 is 10.2 Å². The van der Waals surface area contributed by atoms with Gasteiger partial charge in [-0.15, -0.1) is 0 Å². The van der Waals surface area contributed by atoms with Crippen molar-refractivity contribution in [3.05, 3.63) is 11.4 Å². The molecular weight excluding hydrogens is 236 g/mol. The standard InChI is InChI=1S/C15H26N4/c1-5-7-13-17-14(16-6-2)11(3)15(18-13)19(4)10-12-8-9-12/h12H,5-10H2,1-4H3,(H,16,17,18). The van der Waals surface area contributed by atoms with E-state index in [1.54, 1.807) is 0 Å². The highest BCUT2D eigenvalue weighted by molar-refractivity contribution is 5.58. The van der Waals surface area contributed by atoms with Crippen molar-refractivity contribution in [2.24, 2.45) is 5.92 Å². The molecule has 0 aromatic carbocycles. The number of nitrogens with zero attached hydrogens (tertiary/aromatic N) is 3. The van der Waals surface area contributed by atoms with E-state index >= 15 is 0 Å². The molecule has 1 aliphatic rings. The quantitative estimate of drug-likeness (QED) is 0.820. The summed E-state index contributed by atoms with van der Waals surface area (Å²) in [4.78, 5) is 11.7. The van der Waals surface area contributed by atoms with Crippen LogP contribution in [0.3, 0.4) is 0 Å². The predicted molar refractivity (Wildman–Crippen MR) is 80.9 cm³/mol. The minimum absolute atomic E-state index is 0.872. The fraction of sp³-hybridized carbons (Fsp3) is 0.733. The van der Waals surface area contributed by atoms with Crippen molar-refractivity contribution in [2.75, 3.05) is 30.4 Å². The Morgan fingerprint density at radius 2 is 2.00 bits per heavy atom. The molecule has 4 heteroatoms. The van der Waals surface area contributed by atoms with E-state index in [9.17, 15) is 0 Å². The van der Waals surface area contributed by atoms with E-state index in [-0.39, 0.29) is 0 Å². The molecule has 1 aromatic heterocycles. The average Bonchev–Trinajstić information content (AvgIpc) is 3.17. The van der Waals surface area contributed by atoms with Crippen LogP contribution in [0.15, 0.2) is 0 Å². The Labute approximate surface area is 116 Å². The fourth-order valence-corrected chi connectivity index (χ4v) is 2.37. The summed E-state index contributed by atoms with van der Waals surface area (Å²) >= 11 is 0. The predicted octanol–water partition coefficient (Wildman–Crippen LogP) is 3.02. The molecule has 19 heavy (non-hydrogen) atoms. The lowest BCUT2D eigenvalue weighted by Crippen LogP contribution is -2.23. The van der Waals surface area contributed by atoms with E-state index in [2.05, 4.69) is 43.0 Å². The minimum Gasteiger partial charge on any atom is -0.370 e. The van der Waals surface area contributed by atoms with Gasteiger partial charge in [-0.25, -0.2) is 9.97 Å².